The number of nitrogens with two attached hydrogens (primary N) is 1. The first kappa shape index (κ1) is 15.1. The number of likely N-dealkylation sites (tertiary alicyclic amines) is 1. The fourth-order valence-electron chi connectivity index (χ4n) is 2.68. The SMILES string of the molecule is NCC1CN(CCOc2ccc(N3CCCOC3=O)nc2)C1. The van der Waals surface area contributed by atoms with Gasteiger partial charge in [-0.05, 0) is 31.0 Å². The van der Waals surface area contributed by atoms with Crippen molar-refractivity contribution >= 4 is 11.9 Å². The van der Waals surface area contributed by atoms with Gasteiger partial charge in [-0.25, -0.2) is 9.78 Å². The lowest BCUT2D eigenvalue weighted by atomic mass is 10.0. The first-order valence-corrected chi connectivity index (χ1v) is 7.72. The quantitative estimate of drug-likeness (QED) is 0.833. The van der Waals surface area contributed by atoms with Crippen LogP contribution in [0.15, 0.2) is 18.3 Å². The molecular weight excluding hydrogens is 284 g/mol. The largest absolute Gasteiger partial charge is 0.491 e. The summed E-state index contributed by atoms with van der Waals surface area (Å²) >= 11 is 0. The molecule has 7 heteroatoms. The molecule has 1 aromatic heterocycles. The maximum absolute atomic E-state index is 11.6. The molecule has 3 heterocycles. The van der Waals surface area contributed by atoms with Gasteiger partial charge in [0.2, 0.25) is 0 Å². The molecule has 3 rings (SSSR count). The molecule has 0 unspecified atom stereocenters. The second-order valence-electron chi connectivity index (χ2n) is 5.68. The standard InChI is InChI=1S/C15H22N4O3/c16-8-12-10-18(11-12)5-7-21-13-2-3-14(17-9-13)19-4-1-6-22-15(19)20/h2-3,9,12H,1,4-8,10-11,16H2. The highest BCUT2D eigenvalue weighted by molar-refractivity contribution is 5.86. The monoisotopic (exact) mass is 306 g/mol. The van der Waals surface area contributed by atoms with Crippen molar-refractivity contribution in [1.82, 2.24) is 9.88 Å². The third-order valence-electron chi connectivity index (χ3n) is 4.01. The zero-order valence-electron chi connectivity index (χ0n) is 12.6. The smallest absolute Gasteiger partial charge is 0.415 e. The van der Waals surface area contributed by atoms with Crippen LogP contribution in [0, 0.1) is 5.92 Å². The van der Waals surface area contributed by atoms with Gasteiger partial charge < -0.3 is 15.2 Å². The highest BCUT2D eigenvalue weighted by Crippen LogP contribution is 2.19. The number of aromatic nitrogens is 1. The van der Waals surface area contributed by atoms with Crippen LogP contribution < -0.4 is 15.4 Å². The molecule has 0 saturated carbocycles. The average Bonchev–Trinajstić information content (AvgIpc) is 2.51. The summed E-state index contributed by atoms with van der Waals surface area (Å²) in [6.45, 7) is 5.55. The van der Waals surface area contributed by atoms with E-state index in [9.17, 15) is 4.79 Å². The van der Waals surface area contributed by atoms with E-state index < -0.39 is 0 Å². The molecule has 22 heavy (non-hydrogen) atoms. The van der Waals surface area contributed by atoms with E-state index in [0.717, 1.165) is 32.6 Å². The van der Waals surface area contributed by atoms with Gasteiger partial charge in [0.05, 0.1) is 12.8 Å². The Labute approximate surface area is 130 Å². The summed E-state index contributed by atoms with van der Waals surface area (Å²) in [5, 5.41) is 0. The fourth-order valence-corrected chi connectivity index (χ4v) is 2.68. The van der Waals surface area contributed by atoms with Crippen molar-refractivity contribution in [1.29, 1.82) is 0 Å². The molecule has 0 atom stereocenters. The number of carbonyl (C=O) groups excluding carboxylic acids is 1. The minimum Gasteiger partial charge on any atom is -0.491 e. The number of ether oxygens (including phenoxy) is 2. The molecule has 1 amide bonds. The number of cyclic esters (lactones) is 1. The van der Waals surface area contributed by atoms with Gasteiger partial charge in [-0.2, -0.15) is 0 Å². The number of anilines is 1. The van der Waals surface area contributed by atoms with E-state index in [1.807, 2.05) is 6.07 Å². The third kappa shape index (κ3) is 3.48. The number of rotatable bonds is 6. The molecule has 2 fully saturated rings. The Morgan fingerprint density at radius 1 is 1.41 bits per heavy atom. The van der Waals surface area contributed by atoms with Gasteiger partial charge in [-0.1, -0.05) is 0 Å². The second-order valence-corrected chi connectivity index (χ2v) is 5.68. The summed E-state index contributed by atoms with van der Waals surface area (Å²) < 4.78 is 10.7. The van der Waals surface area contributed by atoms with Crippen molar-refractivity contribution in [2.75, 3.05) is 50.8 Å². The predicted octanol–water partition coefficient (Wildman–Crippen LogP) is 0.698. The van der Waals surface area contributed by atoms with Crippen molar-refractivity contribution in [3.8, 4) is 5.75 Å². The summed E-state index contributed by atoms with van der Waals surface area (Å²) in [5.74, 6) is 1.96. The van der Waals surface area contributed by atoms with Gasteiger partial charge in [0, 0.05) is 26.2 Å². The van der Waals surface area contributed by atoms with E-state index in [0.29, 0.717) is 37.2 Å². The summed E-state index contributed by atoms with van der Waals surface area (Å²) in [7, 11) is 0. The number of carbonyl (C=O) groups is 1. The van der Waals surface area contributed by atoms with Gasteiger partial charge in [-0.15, -0.1) is 0 Å². The van der Waals surface area contributed by atoms with Crippen LogP contribution in [0.2, 0.25) is 0 Å². The van der Waals surface area contributed by atoms with E-state index in [2.05, 4.69) is 9.88 Å². The minimum atomic E-state index is -0.334. The van der Waals surface area contributed by atoms with Crippen LogP contribution in [0.3, 0.4) is 0 Å². The summed E-state index contributed by atoms with van der Waals surface area (Å²) in [6.07, 6.45) is 2.14. The predicted molar refractivity (Wildman–Crippen MR) is 82.0 cm³/mol. The van der Waals surface area contributed by atoms with Crippen molar-refractivity contribution < 1.29 is 14.3 Å². The second kappa shape index (κ2) is 6.93. The van der Waals surface area contributed by atoms with Crippen molar-refractivity contribution in [3.05, 3.63) is 18.3 Å². The molecule has 2 aliphatic rings. The Hall–Kier alpha value is -1.86. The van der Waals surface area contributed by atoms with Crippen LogP contribution in [0.5, 0.6) is 5.75 Å². The van der Waals surface area contributed by atoms with Gasteiger partial charge in [0.25, 0.3) is 0 Å². The number of pyridine rings is 1. The van der Waals surface area contributed by atoms with Crippen LogP contribution in [0.1, 0.15) is 6.42 Å². The number of hydrogen-bond acceptors (Lipinski definition) is 6. The Morgan fingerprint density at radius 2 is 2.27 bits per heavy atom. The van der Waals surface area contributed by atoms with E-state index in [1.165, 1.54) is 0 Å². The Kier molecular flexibility index (Phi) is 4.74. The van der Waals surface area contributed by atoms with Crippen molar-refractivity contribution in [2.24, 2.45) is 11.7 Å². The van der Waals surface area contributed by atoms with Crippen LogP contribution in [0.25, 0.3) is 0 Å². The highest BCUT2D eigenvalue weighted by Gasteiger charge is 2.24. The maximum atomic E-state index is 11.6. The molecular formula is C15H22N4O3. The Bertz CT molecular complexity index is 502. The molecule has 2 N–H and O–H groups in total. The van der Waals surface area contributed by atoms with E-state index >= 15 is 0 Å². The van der Waals surface area contributed by atoms with E-state index in [-0.39, 0.29) is 6.09 Å². The molecule has 0 radical (unpaired) electrons. The molecule has 2 aliphatic heterocycles. The van der Waals surface area contributed by atoms with Gasteiger partial charge in [0.15, 0.2) is 0 Å². The van der Waals surface area contributed by atoms with E-state index in [1.54, 1.807) is 17.2 Å². The minimum absolute atomic E-state index is 0.334. The molecule has 0 bridgehead atoms. The van der Waals surface area contributed by atoms with Crippen molar-refractivity contribution in [2.45, 2.75) is 6.42 Å². The van der Waals surface area contributed by atoms with Gasteiger partial charge in [0.1, 0.15) is 18.2 Å². The zero-order chi connectivity index (χ0) is 15.4. The molecule has 0 aliphatic carbocycles. The number of nitrogens with zero attached hydrogens (tertiary/aromatic N) is 3. The highest BCUT2D eigenvalue weighted by atomic mass is 16.6. The lowest BCUT2D eigenvalue weighted by molar-refractivity contribution is 0.0874. The molecule has 0 spiro atoms. The molecule has 2 saturated heterocycles. The Balaban J connectivity index is 1.44. The lowest BCUT2D eigenvalue weighted by Gasteiger charge is -2.38. The van der Waals surface area contributed by atoms with E-state index in [4.69, 9.17) is 15.2 Å². The molecule has 120 valence electrons. The summed E-state index contributed by atoms with van der Waals surface area (Å²) in [6, 6.07) is 3.62. The topological polar surface area (TPSA) is 80.9 Å². The third-order valence-corrected chi connectivity index (χ3v) is 4.01. The Morgan fingerprint density at radius 3 is 2.95 bits per heavy atom. The maximum Gasteiger partial charge on any atom is 0.415 e. The van der Waals surface area contributed by atoms with Crippen LogP contribution in [0.4, 0.5) is 10.6 Å². The molecule has 0 aromatic carbocycles. The molecule has 1 aromatic rings. The van der Waals surface area contributed by atoms with Crippen LogP contribution in [-0.2, 0) is 4.74 Å². The number of amides is 1. The first-order chi connectivity index (χ1) is 10.8. The lowest BCUT2D eigenvalue weighted by Crippen LogP contribution is -2.50. The van der Waals surface area contributed by atoms with Crippen LogP contribution >= 0.6 is 0 Å². The van der Waals surface area contributed by atoms with Gasteiger partial charge >= 0.3 is 6.09 Å². The zero-order valence-corrected chi connectivity index (χ0v) is 12.6. The summed E-state index contributed by atoms with van der Waals surface area (Å²) in [5.41, 5.74) is 5.60. The molecule has 7 nitrogen and oxygen atoms in total. The van der Waals surface area contributed by atoms with Gasteiger partial charge in [-0.3, -0.25) is 9.80 Å². The van der Waals surface area contributed by atoms with Crippen LogP contribution in [-0.4, -0.2) is 61.9 Å². The summed E-state index contributed by atoms with van der Waals surface area (Å²) in [4.78, 5) is 19.8. The first-order valence-electron chi connectivity index (χ1n) is 7.72. The fraction of sp³-hybridized carbons (Fsp3) is 0.600. The average molecular weight is 306 g/mol. The number of hydrogen-bond donors (Lipinski definition) is 1. The normalized spacial score (nSPS) is 19.7. The van der Waals surface area contributed by atoms with Crippen molar-refractivity contribution in [3.63, 3.8) is 0 Å².